The molecule has 120 valence electrons. The van der Waals surface area contributed by atoms with Crippen molar-refractivity contribution in [3.05, 3.63) is 35.9 Å². The van der Waals surface area contributed by atoms with Crippen LogP contribution in [-0.4, -0.2) is 54.2 Å². The van der Waals surface area contributed by atoms with Crippen molar-refractivity contribution in [3.63, 3.8) is 0 Å². The van der Waals surface area contributed by atoms with Gasteiger partial charge in [0, 0.05) is 12.1 Å². The summed E-state index contributed by atoms with van der Waals surface area (Å²) in [6, 6.07) is 10.7. The second-order valence-corrected chi connectivity index (χ2v) is 6.57. The van der Waals surface area contributed by atoms with Crippen LogP contribution in [0.3, 0.4) is 0 Å². The first-order valence-corrected chi connectivity index (χ1v) is 8.21. The minimum atomic E-state index is -0.468. The molecule has 0 spiro atoms. The lowest BCUT2D eigenvalue weighted by Gasteiger charge is -2.36. The number of benzene rings is 1. The van der Waals surface area contributed by atoms with E-state index in [1.54, 1.807) is 0 Å². The predicted octanol–water partition coefficient (Wildman–Crippen LogP) is 1.97. The second kappa shape index (κ2) is 6.90. The Hall–Kier alpha value is -1.23. The molecule has 3 atom stereocenters. The highest BCUT2D eigenvalue weighted by molar-refractivity contribution is 5.87. The number of piperidine rings is 1. The molecule has 2 bridgehead atoms. The van der Waals surface area contributed by atoms with Crippen molar-refractivity contribution in [3.8, 4) is 0 Å². The molecule has 3 rings (SSSR count). The largest absolute Gasteiger partial charge is 0.395 e. The van der Waals surface area contributed by atoms with Gasteiger partial charge < -0.3 is 14.7 Å². The Morgan fingerprint density at radius 1 is 1.27 bits per heavy atom. The van der Waals surface area contributed by atoms with Gasteiger partial charge in [0.15, 0.2) is 5.78 Å². The molecule has 0 aliphatic carbocycles. The summed E-state index contributed by atoms with van der Waals surface area (Å²) in [4.78, 5) is 14.8. The molecule has 0 aromatic heterocycles. The quantitative estimate of drug-likeness (QED) is 0.873. The Balaban J connectivity index is 1.54. The third-order valence-corrected chi connectivity index (χ3v) is 5.29. The Morgan fingerprint density at radius 2 is 1.91 bits per heavy atom. The van der Waals surface area contributed by atoms with Crippen molar-refractivity contribution >= 4 is 5.78 Å². The van der Waals surface area contributed by atoms with E-state index < -0.39 is 5.92 Å². The van der Waals surface area contributed by atoms with Gasteiger partial charge in [0.05, 0.1) is 18.6 Å². The van der Waals surface area contributed by atoms with Crippen molar-refractivity contribution < 1.29 is 14.6 Å². The molecule has 2 aliphatic heterocycles. The number of hydrogen-bond donors (Lipinski definition) is 1. The van der Waals surface area contributed by atoms with Crippen molar-refractivity contribution in [2.45, 2.75) is 49.8 Å². The highest BCUT2D eigenvalue weighted by atomic mass is 16.5. The number of hydrogen-bond acceptors (Lipinski definition) is 4. The van der Waals surface area contributed by atoms with Gasteiger partial charge in [-0.3, -0.25) is 4.79 Å². The van der Waals surface area contributed by atoms with Gasteiger partial charge in [-0.25, -0.2) is 0 Å². The maximum Gasteiger partial charge on any atom is 0.168 e. The summed E-state index contributed by atoms with van der Waals surface area (Å²) in [7, 11) is 2.20. The minimum absolute atomic E-state index is 0.0278. The first kappa shape index (κ1) is 15.7. The Bertz CT molecular complexity index is 490. The summed E-state index contributed by atoms with van der Waals surface area (Å²) in [6.07, 6.45) is 4.73. The SMILES string of the molecule is CN1C2CCC1CC(OCC(=O)[C@H](CO)c1ccccc1)C2. The highest BCUT2D eigenvalue weighted by Crippen LogP contribution is 2.35. The number of aliphatic hydroxyl groups is 1. The number of nitrogens with zero attached hydrogens (tertiary/aromatic N) is 1. The number of aliphatic hydroxyl groups excluding tert-OH is 1. The molecule has 1 N–H and O–H groups in total. The first-order valence-electron chi connectivity index (χ1n) is 8.21. The topological polar surface area (TPSA) is 49.8 Å². The van der Waals surface area contributed by atoms with Crippen LogP contribution in [-0.2, 0) is 9.53 Å². The van der Waals surface area contributed by atoms with Gasteiger partial charge in [-0.15, -0.1) is 0 Å². The van der Waals surface area contributed by atoms with Gasteiger partial charge in [-0.05, 0) is 38.3 Å². The fourth-order valence-corrected chi connectivity index (χ4v) is 3.88. The number of carbonyl (C=O) groups is 1. The van der Waals surface area contributed by atoms with E-state index in [9.17, 15) is 9.90 Å². The number of rotatable bonds is 6. The third kappa shape index (κ3) is 3.24. The number of ether oxygens (including phenoxy) is 1. The molecule has 2 unspecified atom stereocenters. The molecule has 4 heteroatoms. The van der Waals surface area contributed by atoms with Crippen molar-refractivity contribution in [1.29, 1.82) is 0 Å². The van der Waals surface area contributed by atoms with Crippen LogP contribution in [0.2, 0.25) is 0 Å². The van der Waals surface area contributed by atoms with Gasteiger partial charge in [0.25, 0.3) is 0 Å². The van der Waals surface area contributed by atoms with Gasteiger partial charge in [-0.1, -0.05) is 30.3 Å². The molecular formula is C18H25NO3. The van der Waals surface area contributed by atoms with Gasteiger partial charge in [-0.2, -0.15) is 0 Å². The number of ketones is 1. The standard InChI is InChI=1S/C18H25NO3/c1-19-14-7-8-15(19)10-16(9-14)22-12-18(21)17(11-20)13-5-3-2-4-6-13/h2-6,14-17,20H,7-12H2,1H3/t14?,15?,16?,17-/m1/s1. The van der Waals surface area contributed by atoms with Crippen LogP contribution in [0, 0.1) is 0 Å². The molecule has 2 saturated heterocycles. The number of fused-ring (bicyclic) bond motifs is 2. The Kier molecular flexibility index (Phi) is 4.91. The maximum atomic E-state index is 12.4. The third-order valence-electron chi connectivity index (χ3n) is 5.29. The first-order chi connectivity index (χ1) is 10.7. The molecule has 0 radical (unpaired) electrons. The van der Waals surface area contributed by atoms with Crippen LogP contribution < -0.4 is 0 Å². The molecule has 1 aromatic rings. The summed E-state index contributed by atoms with van der Waals surface area (Å²) < 4.78 is 5.89. The monoisotopic (exact) mass is 303 g/mol. The maximum absolute atomic E-state index is 12.4. The molecule has 0 saturated carbocycles. The molecule has 22 heavy (non-hydrogen) atoms. The van der Waals surface area contributed by atoms with Crippen LogP contribution in [0.15, 0.2) is 30.3 Å². The van der Waals surface area contributed by atoms with E-state index in [0.717, 1.165) is 18.4 Å². The van der Waals surface area contributed by atoms with Crippen molar-refractivity contribution in [2.24, 2.45) is 0 Å². The minimum Gasteiger partial charge on any atom is -0.395 e. The van der Waals surface area contributed by atoms with Crippen LogP contribution in [0.4, 0.5) is 0 Å². The summed E-state index contributed by atoms with van der Waals surface area (Å²) in [6.45, 7) is -0.0567. The fraction of sp³-hybridized carbons (Fsp3) is 0.611. The van der Waals surface area contributed by atoms with Crippen LogP contribution in [0.5, 0.6) is 0 Å². The molecule has 2 heterocycles. The fourth-order valence-electron chi connectivity index (χ4n) is 3.88. The van der Waals surface area contributed by atoms with Crippen LogP contribution in [0.25, 0.3) is 0 Å². The summed E-state index contributed by atoms with van der Waals surface area (Å²) in [5, 5.41) is 9.53. The number of Topliss-reactive ketones (excluding diaryl/α,β-unsaturated/α-hetero) is 1. The molecule has 1 aromatic carbocycles. The lowest BCUT2D eigenvalue weighted by molar-refractivity contribution is -0.129. The molecular weight excluding hydrogens is 278 g/mol. The Labute approximate surface area is 132 Å². The smallest absolute Gasteiger partial charge is 0.168 e. The van der Waals surface area contributed by atoms with E-state index in [-0.39, 0.29) is 25.1 Å². The molecule has 0 amide bonds. The van der Waals surface area contributed by atoms with Gasteiger partial charge >= 0.3 is 0 Å². The zero-order chi connectivity index (χ0) is 15.5. The molecule has 2 aliphatic rings. The van der Waals surface area contributed by atoms with E-state index in [2.05, 4.69) is 11.9 Å². The second-order valence-electron chi connectivity index (χ2n) is 6.57. The lowest BCUT2D eigenvalue weighted by atomic mass is 9.95. The molecule has 4 nitrogen and oxygen atoms in total. The zero-order valence-electron chi connectivity index (χ0n) is 13.1. The van der Waals surface area contributed by atoms with E-state index in [4.69, 9.17) is 4.74 Å². The van der Waals surface area contributed by atoms with Crippen LogP contribution in [0.1, 0.15) is 37.2 Å². The van der Waals surface area contributed by atoms with Gasteiger partial charge in [0.2, 0.25) is 0 Å². The normalized spacial score (nSPS) is 29.5. The average Bonchev–Trinajstić information content (AvgIpc) is 2.76. The summed E-state index contributed by atoms with van der Waals surface area (Å²) in [5.74, 6) is -0.496. The van der Waals surface area contributed by atoms with Crippen LogP contribution >= 0.6 is 0 Å². The van der Waals surface area contributed by atoms with E-state index in [1.165, 1.54) is 12.8 Å². The predicted molar refractivity (Wildman–Crippen MR) is 84.8 cm³/mol. The zero-order valence-corrected chi connectivity index (χ0v) is 13.1. The number of carbonyl (C=O) groups excluding carboxylic acids is 1. The lowest BCUT2D eigenvalue weighted by Crippen LogP contribution is -2.43. The van der Waals surface area contributed by atoms with Gasteiger partial charge in [0.1, 0.15) is 6.61 Å². The Morgan fingerprint density at radius 3 is 2.50 bits per heavy atom. The summed E-state index contributed by atoms with van der Waals surface area (Å²) >= 11 is 0. The van der Waals surface area contributed by atoms with Crippen molar-refractivity contribution in [1.82, 2.24) is 4.90 Å². The highest BCUT2D eigenvalue weighted by Gasteiger charge is 2.39. The van der Waals surface area contributed by atoms with Crippen molar-refractivity contribution in [2.75, 3.05) is 20.3 Å². The average molecular weight is 303 g/mol. The molecule has 2 fully saturated rings. The summed E-state index contributed by atoms with van der Waals surface area (Å²) in [5.41, 5.74) is 0.863. The van der Waals surface area contributed by atoms with E-state index in [1.807, 2.05) is 30.3 Å². The van der Waals surface area contributed by atoms with E-state index >= 15 is 0 Å². The van der Waals surface area contributed by atoms with E-state index in [0.29, 0.717) is 12.1 Å².